The van der Waals surface area contributed by atoms with Gasteiger partial charge in [0.05, 0.1) is 6.21 Å². The Morgan fingerprint density at radius 2 is 1.94 bits per heavy atom. The number of aliphatic hydroxyl groups is 1. The van der Waals surface area contributed by atoms with Gasteiger partial charge in [-0.3, -0.25) is 9.59 Å². The predicted molar refractivity (Wildman–Crippen MR) is 113 cm³/mol. The van der Waals surface area contributed by atoms with Gasteiger partial charge in [0.15, 0.2) is 5.76 Å². The summed E-state index contributed by atoms with van der Waals surface area (Å²) in [4.78, 5) is 25.6. The van der Waals surface area contributed by atoms with Crippen LogP contribution in [0.1, 0.15) is 41.9 Å². The van der Waals surface area contributed by atoms with Gasteiger partial charge in [-0.15, -0.1) is 0 Å². The highest BCUT2D eigenvalue weighted by Gasteiger charge is 2.32. The molecule has 0 bridgehead atoms. The van der Waals surface area contributed by atoms with E-state index >= 15 is 0 Å². The number of nitrogens with one attached hydrogen (secondary N) is 1. The van der Waals surface area contributed by atoms with E-state index in [0.717, 1.165) is 18.1 Å². The number of Topliss-reactive ketones (excluding diaryl/α,β-unsaturated/α-hetero) is 1. The minimum absolute atomic E-state index is 0.249. The number of likely N-dealkylation sites (tertiary alicyclic amines) is 1. The number of aryl methyl sites for hydroxylation is 1. The molecule has 2 N–H and O–H groups in total. The summed E-state index contributed by atoms with van der Waals surface area (Å²) >= 11 is 0. The number of amides is 1. The monoisotopic (exact) mass is 426 g/mol. The minimum Gasteiger partial charge on any atom is -0.504 e. The largest absolute Gasteiger partial charge is 0.504 e. The van der Waals surface area contributed by atoms with Crippen LogP contribution in [0.5, 0.6) is 0 Å². The van der Waals surface area contributed by atoms with E-state index in [1.807, 2.05) is 0 Å². The van der Waals surface area contributed by atoms with Crippen LogP contribution in [0.2, 0.25) is 0 Å². The normalized spacial score (nSPS) is 17.5. The summed E-state index contributed by atoms with van der Waals surface area (Å²) in [5.74, 6) is -3.39. The minimum atomic E-state index is -0.949. The number of carbonyl (C=O) groups excluding carboxylic acids is 2. The van der Waals surface area contributed by atoms with Crippen molar-refractivity contribution in [3.05, 3.63) is 82.6 Å². The fourth-order valence-electron chi connectivity index (χ4n) is 4.06. The van der Waals surface area contributed by atoms with Crippen molar-refractivity contribution in [2.24, 2.45) is 0 Å². The van der Waals surface area contributed by atoms with Crippen molar-refractivity contribution < 1.29 is 23.5 Å². The Morgan fingerprint density at radius 1 is 1.23 bits per heavy atom. The Morgan fingerprint density at radius 3 is 2.61 bits per heavy atom. The van der Waals surface area contributed by atoms with Crippen molar-refractivity contribution in [3.8, 4) is 0 Å². The first-order valence-electron chi connectivity index (χ1n) is 10.1. The molecule has 1 saturated heterocycles. The molecule has 0 aromatic heterocycles. The molecule has 1 aliphatic rings. The Kier molecular flexibility index (Phi) is 6.95. The fraction of sp³-hybridized carbons (Fsp3) is 0.292. The maximum Gasteiger partial charge on any atom is 0.250 e. The first kappa shape index (κ1) is 22.3. The summed E-state index contributed by atoms with van der Waals surface area (Å²) in [5, 5.41) is 16.6. The van der Waals surface area contributed by atoms with Crippen molar-refractivity contribution >= 4 is 17.9 Å². The molecule has 2 aromatic rings. The molecule has 1 fully saturated rings. The molecule has 31 heavy (non-hydrogen) atoms. The molecule has 2 aromatic carbocycles. The smallest absolute Gasteiger partial charge is 0.250 e. The van der Waals surface area contributed by atoms with E-state index < -0.39 is 23.4 Å². The predicted octanol–water partition coefficient (Wildman–Crippen LogP) is 4.45. The molecular weight excluding hydrogens is 402 g/mol. The summed E-state index contributed by atoms with van der Waals surface area (Å²) in [6.07, 6.45) is 3.09. The van der Waals surface area contributed by atoms with Crippen molar-refractivity contribution in [2.45, 2.75) is 38.1 Å². The van der Waals surface area contributed by atoms with Crippen LogP contribution in [0, 0.1) is 24.0 Å². The summed E-state index contributed by atoms with van der Waals surface area (Å²) in [6.45, 7) is 2.12. The third-order valence-corrected chi connectivity index (χ3v) is 5.68. The molecule has 2 atom stereocenters. The van der Waals surface area contributed by atoms with Crippen molar-refractivity contribution in [3.63, 3.8) is 0 Å². The molecule has 5 nitrogen and oxygen atoms in total. The second-order valence-corrected chi connectivity index (χ2v) is 7.68. The lowest BCUT2D eigenvalue weighted by Gasteiger charge is -2.29. The quantitative estimate of drug-likeness (QED) is 0.390. The Balaban J connectivity index is 1.92. The van der Waals surface area contributed by atoms with Crippen molar-refractivity contribution in [1.29, 1.82) is 5.41 Å². The van der Waals surface area contributed by atoms with E-state index in [9.17, 15) is 23.5 Å². The molecule has 7 heteroatoms. The van der Waals surface area contributed by atoms with Crippen LogP contribution in [0.4, 0.5) is 8.78 Å². The number of allylic oxidation sites excluding steroid dienone is 1. The van der Waals surface area contributed by atoms with Gasteiger partial charge >= 0.3 is 0 Å². The number of carbonyl (C=O) groups is 2. The van der Waals surface area contributed by atoms with Gasteiger partial charge in [-0.2, -0.15) is 0 Å². The molecular formula is C24H24F2N2O3. The Hall–Kier alpha value is -3.35. The van der Waals surface area contributed by atoms with Crippen LogP contribution in [-0.2, 0) is 9.59 Å². The zero-order valence-electron chi connectivity index (χ0n) is 17.1. The van der Waals surface area contributed by atoms with E-state index in [1.54, 1.807) is 42.2 Å². The first-order valence-corrected chi connectivity index (χ1v) is 10.1. The second kappa shape index (κ2) is 9.64. The fourth-order valence-corrected chi connectivity index (χ4v) is 4.06. The third kappa shape index (κ3) is 5.05. The van der Waals surface area contributed by atoms with Crippen LogP contribution in [0.3, 0.4) is 0 Å². The van der Waals surface area contributed by atoms with Crippen LogP contribution >= 0.6 is 0 Å². The Bertz CT molecular complexity index is 1020. The van der Waals surface area contributed by atoms with E-state index in [4.69, 9.17) is 5.41 Å². The van der Waals surface area contributed by atoms with Gasteiger partial charge in [-0.05, 0) is 55.0 Å². The maximum atomic E-state index is 15.0. The van der Waals surface area contributed by atoms with E-state index in [0.29, 0.717) is 36.7 Å². The van der Waals surface area contributed by atoms with Crippen molar-refractivity contribution in [1.82, 2.24) is 4.90 Å². The van der Waals surface area contributed by atoms with Gasteiger partial charge in [0, 0.05) is 24.6 Å². The number of ketones is 1. The lowest BCUT2D eigenvalue weighted by molar-refractivity contribution is -0.127. The van der Waals surface area contributed by atoms with Gasteiger partial charge in [0.25, 0.3) is 5.91 Å². The zero-order valence-corrected chi connectivity index (χ0v) is 17.1. The molecule has 1 aliphatic heterocycles. The summed E-state index contributed by atoms with van der Waals surface area (Å²) in [7, 11) is 0. The highest BCUT2D eigenvalue weighted by Crippen LogP contribution is 2.36. The number of hydrogen-bond acceptors (Lipinski definition) is 4. The van der Waals surface area contributed by atoms with Crippen LogP contribution in [-0.4, -0.2) is 40.5 Å². The van der Waals surface area contributed by atoms with E-state index in [2.05, 4.69) is 0 Å². The van der Waals surface area contributed by atoms with Crippen LogP contribution in [0.25, 0.3) is 0 Å². The average Bonchev–Trinajstić information content (AvgIpc) is 3.22. The second-order valence-electron chi connectivity index (χ2n) is 7.68. The summed E-state index contributed by atoms with van der Waals surface area (Å²) < 4.78 is 28.5. The third-order valence-electron chi connectivity index (χ3n) is 5.68. The van der Waals surface area contributed by atoms with Gasteiger partial charge < -0.3 is 15.4 Å². The van der Waals surface area contributed by atoms with Crippen LogP contribution in [0.15, 0.2) is 54.3 Å². The van der Waals surface area contributed by atoms with Gasteiger partial charge in [-0.1, -0.05) is 30.3 Å². The Labute approximate surface area is 179 Å². The molecule has 0 saturated carbocycles. The molecule has 0 radical (unpaired) electrons. The molecule has 1 amide bonds. The maximum absolute atomic E-state index is 15.0. The number of hydrogen-bond donors (Lipinski definition) is 2. The number of benzene rings is 2. The highest BCUT2D eigenvalue weighted by molar-refractivity contribution is 6.33. The zero-order chi connectivity index (χ0) is 22.5. The van der Waals surface area contributed by atoms with E-state index in [-0.39, 0.29) is 17.7 Å². The van der Waals surface area contributed by atoms with Gasteiger partial charge in [0.2, 0.25) is 5.78 Å². The molecule has 3 rings (SSSR count). The molecule has 0 unspecified atom stereocenters. The summed E-state index contributed by atoms with van der Waals surface area (Å²) in [6, 6.07) is 10.8. The lowest BCUT2D eigenvalue weighted by atomic mass is 9.84. The number of rotatable bonds is 7. The SMILES string of the molecule is Cc1cccc([C@H](C[C@H]2CCCN2C(=O)/C=C(\O)C(=O)C=N)c2ccc(F)cc2)c1F. The molecule has 162 valence electrons. The number of aliphatic hydroxyl groups excluding tert-OH is 1. The molecule has 0 aliphatic carbocycles. The number of nitrogens with zero attached hydrogens (tertiary/aromatic N) is 1. The highest BCUT2D eigenvalue weighted by atomic mass is 19.1. The summed E-state index contributed by atoms with van der Waals surface area (Å²) in [5.41, 5.74) is 1.72. The van der Waals surface area contributed by atoms with Crippen molar-refractivity contribution in [2.75, 3.05) is 6.54 Å². The molecule has 1 heterocycles. The molecule has 0 spiro atoms. The standard InChI is InChI=1S/C24H24F2N2O3/c1-15-4-2-6-19(24(15)26)20(16-7-9-17(25)10-8-16)12-18-5-3-11-28(18)23(31)13-21(29)22(30)14-27/h2,4,6-10,13-14,18,20,27,29H,3,5,11-12H2,1H3/b21-13-,27-14?/t18-,20-/m1/s1. The topological polar surface area (TPSA) is 81.5 Å². The average molecular weight is 426 g/mol. The first-order chi connectivity index (χ1) is 14.8. The lowest BCUT2D eigenvalue weighted by Crippen LogP contribution is -2.36. The van der Waals surface area contributed by atoms with E-state index in [1.165, 1.54) is 12.1 Å². The number of halogens is 2. The van der Waals surface area contributed by atoms with Gasteiger partial charge in [-0.25, -0.2) is 8.78 Å². The van der Waals surface area contributed by atoms with Crippen LogP contribution < -0.4 is 0 Å². The van der Waals surface area contributed by atoms with Gasteiger partial charge in [0.1, 0.15) is 11.6 Å².